The first-order valence-electron chi connectivity index (χ1n) is 4.80. The molecule has 2 unspecified atom stereocenters. The maximum atomic E-state index is 6.21. The maximum absolute atomic E-state index is 6.21. The van der Waals surface area contributed by atoms with Gasteiger partial charge in [-0.2, -0.15) is 0 Å². The quantitative estimate of drug-likeness (QED) is 0.539. The van der Waals surface area contributed by atoms with E-state index in [9.17, 15) is 0 Å². The average Bonchev–Trinajstić information content (AvgIpc) is 1.79. The van der Waals surface area contributed by atoms with E-state index in [0.29, 0.717) is 0 Å². The first-order valence-corrected chi connectivity index (χ1v) is 4.80. The van der Waals surface area contributed by atoms with Gasteiger partial charge in [0.15, 0.2) is 0 Å². The van der Waals surface area contributed by atoms with Crippen molar-refractivity contribution in [2.75, 3.05) is 0 Å². The van der Waals surface area contributed by atoms with Gasteiger partial charge in [0, 0.05) is 6.04 Å². The highest BCUT2D eigenvalue weighted by Crippen LogP contribution is 2.47. The molecule has 2 saturated heterocycles. The molecule has 0 aromatic rings. The Morgan fingerprint density at radius 3 is 2.18 bits per heavy atom. The zero-order valence-electron chi connectivity index (χ0n) is 6.84. The van der Waals surface area contributed by atoms with Crippen LogP contribution >= 0.6 is 0 Å². The van der Waals surface area contributed by atoms with E-state index in [1.807, 2.05) is 0 Å². The second kappa shape index (κ2) is 1.80. The summed E-state index contributed by atoms with van der Waals surface area (Å²) in [5, 5.41) is 3.57. The van der Waals surface area contributed by atoms with Crippen molar-refractivity contribution in [1.29, 1.82) is 0 Å². The van der Waals surface area contributed by atoms with Crippen LogP contribution in [0.1, 0.15) is 32.1 Å². The van der Waals surface area contributed by atoms with E-state index >= 15 is 0 Å². The average molecular weight is 152 g/mol. The van der Waals surface area contributed by atoms with Gasteiger partial charge in [0.1, 0.15) is 0 Å². The predicted octanol–water partition coefficient (Wildman–Crippen LogP) is 0.823. The molecule has 4 aliphatic rings. The zero-order chi connectivity index (χ0) is 7.47. The SMILES string of the molecule is NC12CC3CC(CC(C3)N1)C2. The van der Waals surface area contributed by atoms with E-state index in [1.165, 1.54) is 32.1 Å². The lowest BCUT2D eigenvalue weighted by Gasteiger charge is -2.55. The van der Waals surface area contributed by atoms with E-state index in [0.717, 1.165) is 17.9 Å². The number of hydrogen-bond acceptors (Lipinski definition) is 2. The molecule has 2 atom stereocenters. The lowest BCUT2D eigenvalue weighted by molar-refractivity contribution is 0.00106. The van der Waals surface area contributed by atoms with Crippen molar-refractivity contribution in [2.24, 2.45) is 17.6 Å². The van der Waals surface area contributed by atoms with E-state index in [1.54, 1.807) is 0 Å². The van der Waals surface area contributed by atoms with Crippen LogP contribution < -0.4 is 11.1 Å². The molecule has 0 amide bonds. The highest BCUT2D eigenvalue weighted by molar-refractivity contribution is 5.04. The maximum Gasteiger partial charge on any atom is 0.0669 e. The molecule has 2 aliphatic carbocycles. The number of piperidine rings is 2. The molecule has 62 valence electrons. The summed E-state index contributed by atoms with van der Waals surface area (Å²) in [6, 6.07) is 0.770. The third kappa shape index (κ3) is 0.859. The Kier molecular flexibility index (Phi) is 1.06. The molecule has 2 aliphatic heterocycles. The molecule has 2 heterocycles. The first-order chi connectivity index (χ1) is 5.23. The normalized spacial score (nSPS) is 60.3. The van der Waals surface area contributed by atoms with Crippen molar-refractivity contribution < 1.29 is 0 Å². The highest BCUT2D eigenvalue weighted by Gasteiger charge is 2.48. The van der Waals surface area contributed by atoms with Crippen LogP contribution in [0.5, 0.6) is 0 Å². The number of nitrogens with one attached hydrogen (secondary N) is 1. The summed E-state index contributed by atoms with van der Waals surface area (Å²) in [6.07, 6.45) is 6.74. The summed E-state index contributed by atoms with van der Waals surface area (Å²) >= 11 is 0. The second-order valence-electron chi connectivity index (χ2n) is 4.84. The first kappa shape index (κ1) is 6.44. The number of nitrogens with two attached hydrogens (primary N) is 1. The fourth-order valence-corrected chi connectivity index (χ4v) is 3.65. The molecule has 0 aromatic carbocycles. The summed E-state index contributed by atoms with van der Waals surface area (Å²) in [4.78, 5) is 0. The minimum atomic E-state index is 0.0503. The van der Waals surface area contributed by atoms with Crippen molar-refractivity contribution in [2.45, 2.75) is 43.8 Å². The standard InChI is InChI=1S/C9H16N2/c10-9-4-6-1-7(5-9)3-8(2-6)11-9/h6-8,11H,1-5,10H2. The van der Waals surface area contributed by atoms with Crippen LogP contribution in [-0.4, -0.2) is 11.7 Å². The zero-order valence-corrected chi connectivity index (χ0v) is 6.84. The molecular weight excluding hydrogens is 136 g/mol. The number of rotatable bonds is 0. The minimum Gasteiger partial charge on any atom is -0.313 e. The Balaban J connectivity index is 1.94. The number of hydrogen-bond donors (Lipinski definition) is 2. The van der Waals surface area contributed by atoms with Gasteiger partial charge in [-0.25, -0.2) is 0 Å². The van der Waals surface area contributed by atoms with Gasteiger partial charge in [-0.15, -0.1) is 0 Å². The second-order valence-corrected chi connectivity index (χ2v) is 4.84. The van der Waals surface area contributed by atoms with Gasteiger partial charge in [-0.1, -0.05) is 0 Å². The Bertz CT molecular complexity index is 153. The van der Waals surface area contributed by atoms with Gasteiger partial charge in [0.05, 0.1) is 5.66 Å². The Hall–Kier alpha value is -0.0800. The summed E-state index contributed by atoms with van der Waals surface area (Å²) in [5.74, 6) is 1.91. The highest BCUT2D eigenvalue weighted by atomic mass is 15.2. The van der Waals surface area contributed by atoms with Crippen molar-refractivity contribution in [3.8, 4) is 0 Å². The molecule has 2 heteroatoms. The molecule has 11 heavy (non-hydrogen) atoms. The molecular formula is C9H16N2. The summed E-state index contributed by atoms with van der Waals surface area (Å²) < 4.78 is 0. The van der Waals surface area contributed by atoms with Crippen LogP contribution in [0, 0.1) is 11.8 Å². The summed E-state index contributed by atoms with van der Waals surface area (Å²) in [6.45, 7) is 0. The van der Waals surface area contributed by atoms with Gasteiger partial charge in [-0.3, -0.25) is 5.32 Å². The molecule has 4 bridgehead atoms. The van der Waals surface area contributed by atoms with Crippen molar-refractivity contribution in [3.05, 3.63) is 0 Å². The lowest BCUT2D eigenvalue weighted by atomic mass is 9.62. The molecule has 0 radical (unpaired) electrons. The van der Waals surface area contributed by atoms with E-state index in [2.05, 4.69) is 5.32 Å². The van der Waals surface area contributed by atoms with Gasteiger partial charge < -0.3 is 5.73 Å². The fourth-order valence-electron chi connectivity index (χ4n) is 3.65. The van der Waals surface area contributed by atoms with E-state index in [-0.39, 0.29) is 5.66 Å². The van der Waals surface area contributed by atoms with Crippen molar-refractivity contribution in [1.82, 2.24) is 5.32 Å². The van der Waals surface area contributed by atoms with Gasteiger partial charge in [-0.05, 0) is 43.9 Å². The molecule has 0 spiro atoms. The van der Waals surface area contributed by atoms with Crippen LogP contribution in [0.4, 0.5) is 0 Å². The third-order valence-corrected chi connectivity index (χ3v) is 3.70. The minimum absolute atomic E-state index is 0.0503. The fraction of sp³-hybridized carbons (Fsp3) is 1.00. The van der Waals surface area contributed by atoms with E-state index in [4.69, 9.17) is 5.73 Å². The van der Waals surface area contributed by atoms with E-state index < -0.39 is 0 Å². The molecule has 4 fully saturated rings. The Labute approximate surface area is 67.5 Å². The lowest BCUT2D eigenvalue weighted by Crippen LogP contribution is -2.68. The Morgan fingerprint density at radius 1 is 1.09 bits per heavy atom. The predicted molar refractivity (Wildman–Crippen MR) is 43.9 cm³/mol. The Morgan fingerprint density at radius 2 is 1.73 bits per heavy atom. The molecule has 3 N–H and O–H groups in total. The van der Waals surface area contributed by atoms with Crippen LogP contribution in [-0.2, 0) is 0 Å². The van der Waals surface area contributed by atoms with Crippen molar-refractivity contribution in [3.63, 3.8) is 0 Å². The van der Waals surface area contributed by atoms with Gasteiger partial charge >= 0.3 is 0 Å². The molecule has 0 aromatic heterocycles. The summed E-state index contributed by atoms with van der Waals surface area (Å²) in [7, 11) is 0. The van der Waals surface area contributed by atoms with Crippen LogP contribution in [0.3, 0.4) is 0 Å². The van der Waals surface area contributed by atoms with Crippen LogP contribution in [0.2, 0.25) is 0 Å². The monoisotopic (exact) mass is 152 g/mol. The topological polar surface area (TPSA) is 38.0 Å². The smallest absolute Gasteiger partial charge is 0.0669 e. The van der Waals surface area contributed by atoms with Gasteiger partial charge in [0.25, 0.3) is 0 Å². The largest absolute Gasteiger partial charge is 0.313 e. The molecule has 2 nitrogen and oxygen atoms in total. The van der Waals surface area contributed by atoms with Crippen LogP contribution in [0.25, 0.3) is 0 Å². The summed E-state index contributed by atoms with van der Waals surface area (Å²) in [5.41, 5.74) is 6.26. The molecule has 4 rings (SSSR count). The van der Waals surface area contributed by atoms with Crippen LogP contribution in [0.15, 0.2) is 0 Å². The van der Waals surface area contributed by atoms with Gasteiger partial charge in [0.2, 0.25) is 0 Å². The molecule has 2 saturated carbocycles. The van der Waals surface area contributed by atoms with Crippen molar-refractivity contribution >= 4 is 0 Å². The third-order valence-electron chi connectivity index (χ3n) is 3.70.